The number of amides is 2. The summed E-state index contributed by atoms with van der Waals surface area (Å²) in [6.07, 6.45) is 3.14. The van der Waals surface area contributed by atoms with E-state index in [9.17, 15) is 9.59 Å². The molecule has 0 bridgehead atoms. The zero-order chi connectivity index (χ0) is 16.4. The van der Waals surface area contributed by atoms with Crippen LogP contribution in [0, 0.1) is 0 Å². The van der Waals surface area contributed by atoms with Crippen LogP contribution in [0.1, 0.15) is 32.6 Å². The zero-order valence-corrected chi connectivity index (χ0v) is 14.0. The van der Waals surface area contributed by atoms with Crippen LogP contribution in [0.25, 0.3) is 0 Å². The van der Waals surface area contributed by atoms with Crippen LogP contribution in [0.3, 0.4) is 0 Å². The molecule has 3 rings (SSSR count). The molecular formula is C16H26N4O3. The Bertz CT molecular complexity index is 500. The fraction of sp³-hybridized carbons (Fsp3) is 0.812. The van der Waals surface area contributed by atoms with Crippen molar-refractivity contribution in [3.63, 3.8) is 0 Å². The summed E-state index contributed by atoms with van der Waals surface area (Å²) in [4.78, 5) is 28.4. The molecule has 128 valence electrons. The molecule has 2 fully saturated rings. The number of carbonyl (C=O) groups is 2. The number of morpholine rings is 1. The monoisotopic (exact) mass is 322 g/mol. The van der Waals surface area contributed by atoms with Crippen molar-refractivity contribution in [3.05, 3.63) is 0 Å². The molecule has 0 saturated carbocycles. The summed E-state index contributed by atoms with van der Waals surface area (Å²) < 4.78 is 5.60. The van der Waals surface area contributed by atoms with Crippen LogP contribution >= 0.6 is 0 Å². The quantitative estimate of drug-likeness (QED) is 0.734. The molecule has 0 radical (unpaired) electrons. The second-order valence-corrected chi connectivity index (χ2v) is 6.66. The van der Waals surface area contributed by atoms with Crippen molar-refractivity contribution in [2.45, 2.75) is 44.8 Å². The van der Waals surface area contributed by atoms with E-state index < -0.39 is 0 Å². The molecule has 0 N–H and O–H groups in total. The fourth-order valence-electron chi connectivity index (χ4n) is 3.62. The molecule has 7 heteroatoms. The van der Waals surface area contributed by atoms with Crippen molar-refractivity contribution >= 4 is 17.5 Å². The molecule has 3 aliphatic heterocycles. The standard InChI is InChI=1S/C16H26N4O3/c1-12-11-20(9-10-23-12)13-5-7-19(8-6-13)16(22)14-3-4-15(21)18(2)17-14/h12-13H,3-11H2,1-2H3/t12-/m0/s1. The van der Waals surface area contributed by atoms with Gasteiger partial charge < -0.3 is 9.64 Å². The first kappa shape index (κ1) is 16.4. The molecule has 0 aromatic carbocycles. The van der Waals surface area contributed by atoms with Gasteiger partial charge in [-0.05, 0) is 19.8 Å². The minimum atomic E-state index is -0.0262. The van der Waals surface area contributed by atoms with Crippen molar-refractivity contribution in [2.24, 2.45) is 5.10 Å². The number of ether oxygens (including phenoxy) is 1. The Labute approximate surface area is 137 Å². The number of nitrogens with zero attached hydrogens (tertiary/aromatic N) is 4. The summed E-state index contributed by atoms with van der Waals surface area (Å²) in [6.45, 7) is 6.43. The Kier molecular flexibility index (Phi) is 4.96. The van der Waals surface area contributed by atoms with Gasteiger partial charge in [0.25, 0.3) is 5.91 Å². The maximum absolute atomic E-state index is 12.6. The highest BCUT2D eigenvalue weighted by Crippen LogP contribution is 2.20. The summed E-state index contributed by atoms with van der Waals surface area (Å²) in [5, 5.41) is 5.43. The molecule has 2 saturated heterocycles. The van der Waals surface area contributed by atoms with Gasteiger partial charge in [-0.2, -0.15) is 5.10 Å². The highest BCUT2D eigenvalue weighted by Gasteiger charge is 2.32. The normalized spacial score (nSPS) is 28.0. The van der Waals surface area contributed by atoms with E-state index in [1.807, 2.05) is 4.90 Å². The molecule has 3 heterocycles. The Morgan fingerprint density at radius 1 is 1.22 bits per heavy atom. The predicted molar refractivity (Wildman–Crippen MR) is 86.0 cm³/mol. The lowest BCUT2D eigenvalue weighted by molar-refractivity contribution is -0.131. The van der Waals surface area contributed by atoms with Crippen molar-refractivity contribution in [1.82, 2.24) is 14.8 Å². The van der Waals surface area contributed by atoms with Crippen LogP contribution in [-0.4, -0.2) is 84.3 Å². The average Bonchev–Trinajstić information content (AvgIpc) is 2.57. The van der Waals surface area contributed by atoms with Gasteiger partial charge in [0, 0.05) is 52.1 Å². The fourth-order valence-corrected chi connectivity index (χ4v) is 3.62. The van der Waals surface area contributed by atoms with Gasteiger partial charge in [0.15, 0.2) is 0 Å². The molecule has 0 aromatic heterocycles. The number of carbonyl (C=O) groups excluding carboxylic acids is 2. The highest BCUT2D eigenvalue weighted by atomic mass is 16.5. The van der Waals surface area contributed by atoms with Crippen molar-refractivity contribution in [1.29, 1.82) is 0 Å². The summed E-state index contributed by atoms with van der Waals surface area (Å²) in [7, 11) is 1.61. The minimum absolute atomic E-state index is 0.00172. The van der Waals surface area contributed by atoms with Gasteiger partial charge in [-0.25, -0.2) is 5.01 Å². The number of piperidine rings is 1. The molecule has 0 aromatic rings. The van der Waals surface area contributed by atoms with E-state index in [1.165, 1.54) is 5.01 Å². The van der Waals surface area contributed by atoms with Crippen molar-refractivity contribution in [3.8, 4) is 0 Å². The second-order valence-electron chi connectivity index (χ2n) is 6.66. The Hall–Kier alpha value is -1.47. The second kappa shape index (κ2) is 6.97. The van der Waals surface area contributed by atoms with E-state index in [-0.39, 0.29) is 11.8 Å². The van der Waals surface area contributed by atoms with Gasteiger partial charge in [-0.3, -0.25) is 14.5 Å². The third-order valence-corrected chi connectivity index (χ3v) is 4.99. The maximum atomic E-state index is 12.6. The summed E-state index contributed by atoms with van der Waals surface area (Å²) in [5.74, 6) is -0.0279. The van der Waals surface area contributed by atoms with E-state index in [0.29, 0.717) is 30.7 Å². The molecule has 23 heavy (non-hydrogen) atoms. The largest absolute Gasteiger partial charge is 0.376 e. The van der Waals surface area contributed by atoms with Crippen molar-refractivity contribution < 1.29 is 14.3 Å². The average molecular weight is 322 g/mol. The molecule has 3 aliphatic rings. The Morgan fingerprint density at radius 3 is 2.61 bits per heavy atom. The van der Waals surface area contributed by atoms with Gasteiger partial charge in [0.05, 0.1) is 12.7 Å². The number of likely N-dealkylation sites (tertiary alicyclic amines) is 1. The molecule has 0 spiro atoms. The van der Waals surface area contributed by atoms with E-state index in [4.69, 9.17) is 4.74 Å². The van der Waals surface area contributed by atoms with Crippen LogP contribution < -0.4 is 0 Å². The van der Waals surface area contributed by atoms with Crippen molar-refractivity contribution in [2.75, 3.05) is 39.8 Å². The van der Waals surface area contributed by atoms with Gasteiger partial charge in [0.1, 0.15) is 5.71 Å². The first-order chi connectivity index (χ1) is 11.0. The van der Waals surface area contributed by atoms with Crippen LogP contribution in [0.15, 0.2) is 5.10 Å². The SMILES string of the molecule is C[C@H]1CN(C2CCN(C(=O)C3=NN(C)C(=O)CC3)CC2)CCO1. The Balaban J connectivity index is 1.53. The number of hydrogen-bond donors (Lipinski definition) is 0. The van der Waals surface area contributed by atoms with E-state index >= 15 is 0 Å². The lowest BCUT2D eigenvalue weighted by Gasteiger charge is -2.41. The molecule has 1 atom stereocenters. The first-order valence-corrected chi connectivity index (χ1v) is 8.53. The van der Waals surface area contributed by atoms with E-state index in [1.54, 1.807) is 7.05 Å². The Morgan fingerprint density at radius 2 is 1.96 bits per heavy atom. The number of rotatable bonds is 2. The molecule has 2 amide bonds. The third kappa shape index (κ3) is 3.72. The summed E-state index contributed by atoms with van der Waals surface area (Å²) >= 11 is 0. The highest BCUT2D eigenvalue weighted by molar-refractivity contribution is 6.39. The zero-order valence-electron chi connectivity index (χ0n) is 14.0. The maximum Gasteiger partial charge on any atom is 0.270 e. The van der Waals surface area contributed by atoms with Crippen LogP contribution in [0.4, 0.5) is 0 Å². The number of hydrazone groups is 1. The molecule has 0 unspecified atom stereocenters. The lowest BCUT2D eigenvalue weighted by Crippen LogP contribution is -2.52. The predicted octanol–water partition coefficient (Wildman–Crippen LogP) is 0.306. The summed E-state index contributed by atoms with van der Waals surface area (Å²) in [5.41, 5.74) is 0.519. The van der Waals surface area contributed by atoms with Crippen LogP contribution in [0.5, 0.6) is 0 Å². The van der Waals surface area contributed by atoms with Crippen LogP contribution in [0.2, 0.25) is 0 Å². The van der Waals surface area contributed by atoms with E-state index in [2.05, 4.69) is 16.9 Å². The van der Waals surface area contributed by atoms with E-state index in [0.717, 1.165) is 45.6 Å². The number of hydrogen-bond acceptors (Lipinski definition) is 5. The first-order valence-electron chi connectivity index (χ1n) is 8.53. The smallest absolute Gasteiger partial charge is 0.270 e. The van der Waals surface area contributed by atoms with Gasteiger partial charge >= 0.3 is 0 Å². The topological polar surface area (TPSA) is 65.5 Å². The van der Waals surface area contributed by atoms with Gasteiger partial charge in [-0.15, -0.1) is 0 Å². The van der Waals surface area contributed by atoms with Crippen LogP contribution in [-0.2, 0) is 14.3 Å². The third-order valence-electron chi connectivity index (χ3n) is 4.99. The lowest BCUT2D eigenvalue weighted by atomic mass is 10.0. The molecule has 0 aliphatic carbocycles. The summed E-state index contributed by atoms with van der Waals surface area (Å²) in [6, 6.07) is 0.544. The van der Waals surface area contributed by atoms with Gasteiger partial charge in [-0.1, -0.05) is 0 Å². The minimum Gasteiger partial charge on any atom is -0.376 e. The van der Waals surface area contributed by atoms with Gasteiger partial charge in [0.2, 0.25) is 5.91 Å². The molecule has 7 nitrogen and oxygen atoms in total. The molecular weight excluding hydrogens is 296 g/mol.